The van der Waals surface area contributed by atoms with Gasteiger partial charge in [-0.15, -0.1) is 0 Å². The molecule has 1 aromatic rings. The number of aryl methyl sites for hydroxylation is 1. The molecule has 0 aliphatic heterocycles. The van der Waals surface area contributed by atoms with Crippen LogP contribution in [0, 0.1) is 5.92 Å². The van der Waals surface area contributed by atoms with Crippen LogP contribution < -0.4 is 5.32 Å². The Labute approximate surface area is 105 Å². The first-order valence-electron chi connectivity index (χ1n) is 7.02. The molecule has 0 radical (unpaired) electrons. The van der Waals surface area contributed by atoms with E-state index < -0.39 is 0 Å². The zero-order chi connectivity index (χ0) is 12.1. The molecule has 0 spiro atoms. The maximum atomic E-state index is 4.53. The van der Waals surface area contributed by atoms with Crippen LogP contribution in [0.25, 0.3) is 0 Å². The van der Waals surface area contributed by atoms with Gasteiger partial charge in [0.25, 0.3) is 0 Å². The van der Waals surface area contributed by atoms with Crippen molar-refractivity contribution in [1.29, 1.82) is 0 Å². The summed E-state index contributed by atoms with van der Waals surface area (Å²) >= 11 is 0. The Morgan fingerprint density at radius 1 is 1.47 bits per heavy atom. The highest BCUT2D eigenvalue weighted by Crippen LogP contribution is 2.31. The van der Waals surface area contributed by atoms with Crippen LogP contribution in [0.4, 0.5) is 0 Å². The molecule has 17 heavy (non-hydrogen) atoms. The van der Waals surface area contributed by atoms with E-state index in [0.29, 0.717) is 6.04 Å². The van der Waals surface area contributed by atoms with Gasteiger partial charge in [0.1, 0.15) is 0 Å². The van der Waals surface area contributed by atoms with Gasteiger partial charge in [-0.25, -0.2) is 0 Å². The van der Waals surface area contributed by atoms with Crippen molar-refractivity contribution in [3.8, 4) is 0 Å². The molecule has 1 aliphatic carbocycles. The molecule has 0 amide bonds. The summed E-state index contributed by atoms with van der Waals surface area (Å²) < 4.78 is 1.90. The van der Waals surface area contributed by atoms with E-state index in [-0.39, 0.29) is 0 Å². The minimum absolute atomic E-state index is 0.446. The summed E-state index contributed by atoms with van der Waals surface area (Å²) in [6.45, 7) is 3.19. The van der Waals surface area contributed by atoms with Crippen LogP contribution in [0.5, 0.6) is 0 Å². The van der Waals surface area contributed by atoms with Crippen LogP contribution in [0.2, 0.25) is 0 Å². The minimum Gasteiger partial charge on any atom is -0.309 e. The lowest BCUT2D eigenvalue weighted by Crippen LogP contribution is -2.22. The van der Waals surface area contributed by atoms with Gasteiger partial charge in [-0.3, -0.25) is 4.68 Å². The summed E-state index contributed by atoms with van der Waals surface area (Å²) in [4.78, 5) is 0. The molecule has 1 heterocycles. The lowest BCUT2D eigenvalue weighted by molar-refractivity contribution is 0.410. The lowest BCUT2D eigenvalue weighted by atomic mass is 9.97. The molecule has 2 rings (SSSR count). The SMILES string of the molecule is CCNC(CCC1CCCC1)c1ccn(C)n1. The number of aromatic nitrogens is 2. The third kappa shape index (κ3) is 3.56. The van der Waals surface area contributed by atoms with Gasteiger partial charge in [0.2, 0.25) is 0 Å². The Kier molecular flexibility index (Phi) is 4.60. The first kappa shape index (κ1) is 12.6. The maximum absolute atomic E-state index is 4.53. The predicted molar refractivity (Wildman–Crippen MR) is 70.8 cm³/mol. The van der Waals surface area contributed by atoms with Gasteiger partial charge in [-0.1, -0.05) is 32.6 Å². The van der Waals surface area contributed by atoms with E-state index in [1.165, 1.54) is 44.2 Å². The van der Waals surface area contributed by atoms with Gasteiger partial charge in [-0.05, 0) is 31.4 Å². The standard InChI is InChI=1S/C14H25N3/c1-3-15-13(14-10-11-17(2)16-14)9-8-12-6-4-5-7-12/h10-13,15H,3-9H2,1-2H3. The van der Waals surface area contributed by atoms with Gasteiger partial charge >= 0.3 is 0 Å². The number of hydrogen-bond acceptors (Lipinski definition) is 2. The highest BCUT2D eigenvalue weighted by Gasteiger charge is 2.19. The van der Waals surface area contributed by atoms with Gasteiger partial charge in [-0.2, -0.15) is 5.10 Å². The lowest BCUT2D eigenvalue weighted by Gasteiger charge is -2.17. The molecule has 0 saturated heterocycles. The molecule has 1 unspecified atom stereocenters. The number of rotatable bonds is 6. The van der Waals surface area contributed by atoms with Gasteiger partial charge in [0, 0.05) is 13.2 Å². The van der Waals surface area contributed by atoms with Crippen molar-refractivity contribution in [2.45, 2.75) is 51.5 Å². The van der Waals surface area contributed by atoms with Crippen molar-refractivity contribution in [2.75, 3.05) is 6.54 Å². The zero-order valence-electron chi connectivity index (χ0n) is 11.2. The fourth-order valence-corrected chi connectivity index (χ4v) is 2.92. The Morgan fingerprint density at radius 2 is 2.24 bits per heavy atom. The summed E-state index contributed by atoms with van der Waals surface area (Å²) in [6.07, 6.45) is 10.4. The van der Waals surface area contributed by atoms with Crippen LogP contribution in [0.1, 0.15) is 57.2 Å². The molecule has 1 N–H and O–H groups in total. The van der Waals surface area contributed by atoms with Crippen LogP contribution in [0.15, 0.2) is 12.3 Å². The van der Waals surface area contributed by atoms with E-state index >= 15 is 0 Å². The van der Waals surface area contributed by atoms with Crippen LogP contribution >= 0.6 is 0 Å². The second-order valence-corrected chi connectivity index (χ2v) is 5.25. The van der Waals surface area contributed by atoms with Crippen LogP contribution in [0.3, 0.4) is 0 Å². The summed E-state index contributed by atoms with van der Waals surface area (Å²) in [5, 5.41) is 8.09. The van der Waals surface area contributed by atoms with Crippen molar-refractivity contribution in [3.05, 3.63) is 18.0 Å². The zero-order valence-corrected chi connectivity index (χ0v) is 11.2. The first-order valence-corrected chi connectivity index (χ1v) is 7.02. The predicted octanol–water partition coefficient (Wildman–Crippen LogP) is 3.04. The molecule has 3 nitrogen and oxygen atoms in total. The molecule has 0 aromatic carbocycles. The Balaban J connectivity index is 1.87. The summed E-state index contributed by atoms with van der Waals surface area (Å²) in [5.74, 6) is 0.972. The Bertz CT molecular complexity index is 326. The molecule has 1 aliphatic rings. The van der Waals surface area contributed by atoms with Crippen LogP contribution in [-0.2, 0) is 7.05 Å². The van der Waals surface area contributed by atoms with E-state index in [1.54, 1.807) is 0 Å². The largest absolute Gasteiger partial charge is 0.309 e. The molecule has 96 valence electrons. The molecular weight excluding hydrogens is 210 g/mol. The second kappa shape index (κ2) is 6.20. The fourth-order valence-electron chi connectivity index (χ4n) is 2.92. The van der Waals surface area contributed by atoms with Crippen molar-refractivity contribution in [1.82, 2.24) is 15.1 Å². The van der Waals surface area contributed by atoms with Gasteiger partial charge in [0.05, 0.1) is 11.7 Å². The average Bonchev–Trinajstić information content (AvgIpc) is 2.95. The van der Waals surface area contributed by atoms with E-state index in [9.17, 15) is 0 Å². The molecule has 1 aromatic heterocycles. The van der Waals surface area contributed by atoms with Crippen LogP contribution in [-0.4, -0.2) is 16.3 Å². The van der Waals surface area contributed by atoms with Crippen molar-refractivity contribution in [2.24, 2.45) is 13.0 Å². The topological polar surface area (TPSA) is 29.9 Å². The molecule has 1 fully saturated rings. The smallest absolute Gasteiger partial charge is 0.0793 e. The van der Waals surface area contributed by atoms with E-state index in [4.69, 9.17) is 0 Å². The fraction of sp³-hybridized carbons (Fsp3) is 0.786. The molecule has 3 heteroatoms. The first-order chi connectivity index (χ1) is 8.29. The Morgan fingerprint density at radius 3 is 2.82 bits per heavy atom. The quantitative estimate of drug-likeness (QED) is 0.821. The number of hydrogen-bond donors (Lipinski definition) is 1. The van der Waals surface area contributed by atoms with Gasteiger partial charge in [0.15, 0.2) is 0 Å². The average molecular weight is 235 g/mol. The minimum atomic E-state index is 0.446. The summed E-state index contributed by atoms with van der Waals surface area (Å²) in [6, 6.07) is 2.59. The van der Waals surface area contributed by atoms with Gasteiger partial charge < -0.3 is 5.32 Å². The van der Waals surface area contributed by atoms with Crippen molar-refractivity contribution < 1.29 is 0 Å². The van der Waals surface area contributed by atoms with E-state index in [2.05, 4.69) is 23.4 Å². The van der Waals surface area contributed by atoms with E-state index in [0.717, 1.165) is 12.5 Å². The number of nitrogens with zero attached hydrogens (tertiary/aromatic N) is 2. The Hall–Kier alpha value is -0.830. The van der Waals surface area contributed by atoms with Crippen molar-refractivity contribution >= 4 is 0 Å². The molecule has 1 saturated carbocycles. The third-order valence-electron chi connectivity index (χ3n) is 3.88. The normalized spacial score (nSPS) is 18.7. The molecule has 0 bridgehead atoms. The molecule has 1 atom stereocenters. The third-order valence-corrected chi connectivity index (χ3v) is 3.88. The number of nitrogens with one attached hydrogen (secondary N) is 1. The summed E-state index contributed by atoms with van der Waals surface area (Å²) in [7, 11) is 1.99. The highest BCUT2D eigenvalue weighted by atomic mass is 15.3. The monoisotopic (exact) mass is 235 g/mol. The van der Waals surface area contributed by atoms with E-state index in [1.807, 2.05) is 17.9 Å². The second-order valence-electron chi connectivity index (χ2n) is 5.25. The molecular formula is C14H25N3. The highest BCUT2D eigenvalue weighted by molar-refractivity contribution is 5.05. The maximum Gasteiger partial charge on any atom is 0.0793 e. The summed E-state index contributed by atoms with van der Waals surface area (Å²) in [5.41, 5.74) is 1.20. The van der Waals surface area contributed by atoms with Crippen molar-refractivity contribution in [3.63, 3.8) is 0 Å².